The summed E-state index contributed by atoms with van der Waals surface area (Å²) in [6.45, 7) is 13.5. The number of hydrogen-bond acceptors (Lipinski definition) is 2. The van der Waals surface area contributed by atoms with Crippen LogP contribution in [0.1, 0.15) is 33.6 Å². The Morgan fingerprint density at radius 1 is 1.43 bits per heavy atom. The molecule has 0 atom stereocenters. The molecule has 0 amide bonds. The van der Waals surface area contributed by atoms with Crippen molar-refractivity contribution in [3.8, 4) is 0 Å². The highest BCUT2D eigenvalue weighted by Gasteiger charge is 2.43. The van der Waals surface area contributed by atoms with Gasteiger partial charge in [-0.25, -0.2) is 0 Å². The van der Waals surface area contributed by atoms with Crippen molar-refractivity contribution in [1.82, 2.24) is 4.90 Å². The maximum Gasteiger partial charge on any atom is 0.0166 e. The summed E-state index contributed by atoms with van der Waals surface area (Å²) in [5, 5.41) is 0. The van der Waals surface area contributed by atoms with Crippen molar-refractivity contribution in [2.24, 2.45) is 11.1 Å². The molecule has 2 heteroatoms. The lowest BCUT2D eigenvalue weighted by atomic mass is 10.0. The van der Waals surface area contributed by atoms with Gasteiger partial charge in [-0.05, 0) is 45.6 Å². The smallest absolute Gasteiger partial charge is 0.0166 e. The highest BCUT2D eigenvalue weighted by atomic mass is 15.2. The first kappa shape index (κ1) is 11.7. The molecule has 82 valence electrons. The third-order valence-electron chi connectivity index (χ3n) is 3.21. The molecule has 1 fully saturated rings. The first-order valence-electron chi connectivity index (χ1n) is 5.50. The maximum absolute atomic E-state index is 5.80. The first-order chi connectivity index (χ1) is 6.43. The Morgan fingerprint density at radius 2 is 2.00 bits per heavy atom. The van der Waals surface area contributed by atoms with Crippen molar-refractivity contribution in [2.45, 2.75) is 39.2 Å². The van der Waals surface area contributed by atoms with E-state index < -0.39 is 0 Å². The van der Waals surface area contributed by atoms with E-state index in [9.17, 15) is 0 Å². The predicted octanol–water partition coefficient (Wildman–Crippen LogP) is 2.01. The van der Waals surface area contributed by atoms with E-state index in [1.807, 2.05) is 6.08 Å². The van der Waals surface area contributed by atoms with Crippen LogP contribution in [0.25, 0.3) is 0 Å². The quantitative estimate of drug-likeness (QED) is 0.682. The molecule has 0 radical (unpaired) electrons. The third-order valence-corrected chi connectivity index (χ3v) is 3.21. The molecule has 0 saturated heterocycles. The minimum Gasteiger partial charge on any atom is -0.330 e. The molecular formula is C12H24N2. The summed E-state index contributed by atoms with van der Waals surface area (Å²) in [6, 6.07) is 0. The van der Waals surface area contributed by atoms with E-state index in [4.69, 9.17) is 5.73 Å². The summed E-state index contributed by atoms with van der Waals surface area (Å²) in [5.74, 6) is 0. The van der Waals surface area contributed by atoms with Gasteiger partial charge in [0.25, 0.3) is 0 Å². The molecule has 14 heavy (non-hydrogen) atoms. The van der Waals surface area contributed by atoms with E-state index in [1.165, 1.54) is 12.8 Å². The van der Waals surface area contributed by atoms with E-state index in [0.717, 1.165) is 19.6 Å². The fraction of sp³-hybridized carbons (Fsp3) is 0.833. The normalized spacial score (nSPS) is 19.8. The van der Waals surface area contributed by atoms with Gasteiger partial charge in [0.15, 0.2) is 0 Å². The van der Waals surface area contributed by atoms with Crippen molar-refractivity contribution in [3.63, 3.8) is 0 Å². The van der Waals surface area contributed by atoms with Crippen LogP contribution in [-0.2, 0) is 0 Å². The number of rotatable bonds is 5. The van der Waals surface area contributed by atoms with Gasteiger partial charge in [-0.1, -0.05) is 6.08 Å². The third kappa shape index (κ3) is 2.82. The van der Waals surface area contributed by atoms with Crippen molar-refractivity contribution in [3.05, 3.63) is 12.7 Å². The molecule has 0 unspecified atom stereocenters. The fourth-order valence-corrected chi connectivity index (χ4v) is 1.74. The Kier molecular flexibility index (Phi) is 3.38. The molecule has 0 bridgehead atoms. The van der Waals surface area contributed by atoms with Crippen LogP contribution in [0.5, 0.6) is 0 Å². The molecule has 0 aromatic heterocycles. The topological polar surface area (TPSA) is 29.3 Å². The largest absolute Gasteiger partial charge is 0.330 e. The zero-order valence-electron chi connectivity index (χ0n) is 9.84. The summed E-state index contributed by atoms with van der Waals surface area (Å²) in [4.78, 5) is 2.47. The van der Waals surface area contributed by atoms with Crippen molar-refractivity contribution >= 4 is 0 Å². The van der Waals surface area contributed by atoms with Crippen LogP contribution in [0.4, 0.5) is 0 Å². The second-order valence-corrected chi connectivity index (χ2v) is 5.54. The number of hydrogen-bond donors (Lipinski definition) is 1. The summed E-state index contributed by atoms with van der Waals surface area (Å²) >= 11 is 0. The van der Waals surface area contributed by atoms with Gasteiger partial charge in [0.05, 0.1) is 0 Å². The average Bonchev–Trinajstić information content (AvgIpc) is 2.83. The van der Waals surface area contributed by atoms with E-state index in [1.54, 1.807) is 0 Å². The molecule has 2 N–H and O–H groups in total. The summed E-state index contributed by atoms with van der Waals surface area (Å²) in [7, 11) is 0. The Bertz CT molecular complexity index is 199. The van der Waals surface area contributed by atoms with Crippen molar-refractivity contribution in [1.29, 1.82) is 0 Å². The zero-order chi connectivity index (χ0) is 10.8. The van der Waals surface area contributed by atoms with Crippen LogP contribution < -0.4 is 5.73 Å². The van der Waals surface area contributed by atoms with Gasteiger partial charge in [-0.15, -0.1) is 6.58 Å². The first-order valence-corrected chi connectivity index (χ1v) is 5.50. The Balaban J connectivity index is 2.55. The summed E-state index contributed by atoms with van der Waals surface area (Å²) in [5.41, 5.74) is 6.45. The molecule has 0 aliphatic heterocycles. The molecule has 0 spiro atoms. The van der Waals surface area contributed by atoms with Crippen molar-refractivity contribution < 1.29 is 0 Å². The molecular weight excluding hydrogens is 172 g/mol. The van der Waals surface area contributed by atoms with Gasteiger partial charge in [0, 0.05) is 18.6 Å². The molecule has 0 aromatic carbocycles. The lowest BCUT2D eigenvalue weighted by Gasteiger charge is -2.37. The van der Waals surface area contributed by atoms with Gasteiger partial charge in [0.2, 0.25) is 0 Å². The van der Waals surface area contributed by atoms with Crippen LogP contribution in [0, 0.1) is 5.41 Å². The number of nitrogens with two attached hydrogens (primary N) is 1. The molecule has 1 saturated carbocycles. The minimum absolute atomic E-state index is 0.221. The molecule has 0 heterocycles. The average molecular weight is 196 g/mol. The van der Waals surface area contributed by atoms with E-state index in [2.05, 4.69) is 32.3 Å². The molecule has 1 aliphatic rings. The van der Waals surface area contributed by atoms with Gasteiger partial charge >= 0.3 is 0 Å². The predicted molar refractivity (Wildman–Crippen MR) is 62.2 cm³/mol. The monoisotopic (exact) mass is 196 g/mol. The van der Waals surface area contributed by atoms with Crippen molar-refractivity contribution in [2.75, 3.05) is 19.6 Å². The van der Waals surface area contributed by atoms with Crippen LogP contribution >= 0.6 is 0 Å². The van der Waals surface area contributed by atoms with E-state index >= 15 is 0 Å². The maximum atomic E-state index is 5.80. The summed E-state index contributed by atoms with van der Waals surface area (Å²) < 4.78 is 0. The van der Waals surface area contributed by atoms with Crippen LogP contribution in [0.3, 0.4) is 0 Å². The molecule has 2 nitrogen and oxygen atoms in total. The number of nitrogens with zero attached hydrogens (tertiary/aromatic N) is 1. The molecule has 1 aliphatic carbocycles. The summed E-state index contributed by atoms with van der Waals surface area (Å²) in [6.07, 6.45) is 4.58. The minimum atomic E-state index is 0.221. The fourth-order valence-electron chi connectivity index (χ4n) is 1.74. The van der Waals surface area contributed by atoms with Gasteiger partial charge in [-0.2, -0.15) is 0 Å². The lowest BCUT2D eigenvalue weighted by molar-refractivity contribution is 0.123. The van der Waals surface area contributed by atoms with Crippen LogP contribution in [-0.4, -0.2) is 30.1 Å². The Morgan fingerprint density at radius 3 is 2.29 bits per heavy atom. The Hall–Kier alpha value is -0.340. The highest BCUT2D eigenvalue weighted by molar-refractivity contribution is 4.99. The molecule has 1 rings (SSSR count). The highest BCUT2D eigenvalue weighted by Crippen LogP contribution is 2.45. The second kappa shape index (κ2) is 4.03. The van der Waals surface area contributed by atoms with E-state index in [-0.39, 0.29) is 5.54 Å². The van der Waals surface area contributed by atoms with Crippen LogP contribution in [0.15, 0.2) is 12.7 Å². The Labute approximate surface area is 88.2 Å². The second-order valence-electron chi connectivity index (χ2n) is 5.54. The van der Waals surface area contributed by atoms with Gasteiger partial charge in [0.1, 0.15) is 0 Å². The zero-order valence-corrected chi connectivity index (χ0v) is 9.84. The van der Waals surface area contributed by atoms with Gasteiger partial charge < -0.3 is 5.73 Å². The molecule has 0 aromatic rings. The standard InChI is InChI=1S/C12H24N2/c1-5-8-14(11(2,3)4)10-12(9-13)6-7-12/h5H,1,6-10,13H2,2-4H3. The van der Waals surface area contributed by atoms with Gasteiger partial charge in [-0.3, -0.25) is 4.90 Å². The lowest BCUT2D eigenvalue weighted by Crippen LogP contribution is -2.46. The SMILES string of the molecule is C=CCN(CC1(CN)CC1)C(C)(C)C. The van der Waals surface area contributed by atoms with Crippen LogP contribution in [0.2, 0.25) is 0 Å². The van der Waals surface area contributed by atoms with E-state index in [0.29, 0.717) is 5.41 Å².